The van der Waals surface area contributed by atoms with E-state index in [1.807, 2.05) is 17.7 Å². The molecule has 0 heterocycles. The van der Waals surface area contributed by atoms with Crippen LogP contribution in [0.3, 0.4) is 0 Å². The molecule has 0 saturated heterocycles. The number of aliphatic hydroxyl groups is 1. The summed E-state index contributed by atoms with van der Waals surface area (Å²) in [5.41, 5.74) is 0. The third-order valence-corrected chi connectivity index (χ3v) is 2.81. The second kappa shape index (κ2) is 9.72. The molecular weight excluding hydrogens is 183 g/mol. The Balaban J connectivity index is 4.00. The Labute approximate surface area is 104 Å². The monoisotopic (exact) mass is 208 g/mol. The Bertz CT molecular complexity index is 140. The number of rotatable bonds is 9. The number of ether oxygens (including phenoxy) is 1. The van der Waals surface area contributed by atoms with E-state index < -0.39 is 0 Å². The van der Waals surface area contributed by atoms with Crippen LogP contribution < -0.4 is 0 Å². The van der Waals surface area contributed by atoms with E-state index in [1.165, 1.54) is 0 Å². The van der Waals surface area contributed by atoms with Crippen LogP contribution >= 0.6 is 0 Å². The average molecular weight is 208 g/mol. The fourth-order valence-corrected chi connectivity index (χ4v) is 1.77. The Morgan fingerprint density at radius 3 is 2.20 bits per heavy atom. The minimum absolute atomic E-state index is 0.0291. The van der Waals surface area contributed by atoms with Crippen LogP contribution in [-0.2, 0) is 4.74 Å². The quantitative estimate of drug-likeness (QED) is 0.590. The maximum atomic E-state index is 9.63. The molecule has 15 heavy (non-hydrogen) atoms. The second-order valence-electron chi connectivity index (χ2n) is 4.38. The van der Waals surface area contributed by atoms with E-state index >= 15 is 0 Å². The van der Waals surface area contributed by atoms with Gasteiger partial charge in [-0.05, 0) is 0 Å². The molecule has 0 aliphatic rings. The summed E-state index contributed by atoms with van der Waals surface area (Å²) in [6.45, 7) is 6.50. The molecule has 1 N–H and O–H groups in total. The molecule has 0 aromatic rings. The molecule has 0 rings (SSSR count). The number of hydrogen-bond acceptors (Lipinski definition) is 2. The number of unbranched alkanes of at least 4 members (excludes halogenated alkanes) is 1. The fraction of sp³-hybridized carbons (Fsp3) is 1.00. The molecule has 0 bridgehead atoms. The van der Waals surface area contributed by atoms with E-state index in [0.29, 0.717) is 6.10 Å². The Kier molecular flexibility index (Phi) is 10.1. The van der Waals surface area contributed by atoms with Crippen molar-refractivity contribution < 1.29 is 9.84 Å². The molecule has 0 aromatic carbocycles. The molecule has 0 aliphatic heterocycles. The van der Waals surface area contributed by atoms with Gasteiger partial charge in [0, 0.05) is 0 Å². The van der Waals surface area contributed by atoms with Crippen molar-refractivity contribution in [1.82, 2.24) is 0 Å². The van der Waals surface area contributed by atoms with Crippen molar-refractivity contribution in [1.29, 1.82) is 0 Å². The molecule has 3 heteroatoms. The van der Waals surface area contributed by atoms with Gasteiger partial charge in [0.05, 0.1) is 0 Å². The molecule has 0 fully saturated rings. The summed E-state index contributed by atoms with van der Waals surface area (Å²) in [5, 5.41) is 9.63. The van der Waals surface area contributed by atoms with Gasteiger partial charge in [0.1, 0.15) is 0 Å². The zero-order valence-corrected chi connectivity index (χ0v) is 10.8. The molecule has 3 atom stereocenters. The fourth-order valence-electron chi connectivity index (χ4n) is 1.77. The van der Waals surface area contributed by atoms with E-state index in [-0.39, 0.29) is 10.9 Å². The van der Waals surface area contributed by atoms with Crippen molar-refractivity contribution in [2.45, 2.75) is 76.3 Å². The van der Waals surface area contributed by atoms with Crippen LogP contribution in [0.15, 0.2) is 0 Å². The van der Waals surface area contributed by atoms with Gasteiger partial charge >= 0.3 is 104 Å². The Morgan fingerprint density at radius 2 is 1.80 bits per heavy atom. The molecular formula is C12H25LiO2. The predicted molar refractivity (Wildman–Crippen MR) is 65.1 cm³/mol. The molecule has 0 amide bonds. The van der Waals surface area contributed by atoms with Crippen molar-refractivity contribution in [3.05, 3.63) is 0 Å². The predicted octanol–water partition coefficient (Wildman–Crippen LogP) is 2.63. The van der Waals surface area contributed by atoms with Gasteiger partial charge in [-0.1, -0.05) is 0 Å². The summed E-state index contributed by atoms with van der Waals surface area (Å²) >= 11 is 1.83. The summed E-state index contributed by atoms with van der Waals surface area (Å²) in [6.07, 6.45) is 6.94. The zero-order valence-electron chi connectivity index (χ0n) is 10.8. The summed E-state index contributed by atoms with van der Waals surface area (Å²) in [4.78, 5) is 0. The Hall–Kier alpha value is 0.517. The van der Waals surface area contributed by atoms with Crippen molar-refractivity contribution in [3.8, 4) is 0 Å². The van der Waals surface area contributed by atoms with Crippen LogP contribution in [0.2, 0.25) is 0 Å². The van der Waals surface area contributed by atoms with Gasteiger partial charge in [-0.15, -0.1) is 0 Å². The first-order chi connectivity index (χ1) is 7.15. The normalized spacial score (nSPS) is 17.5. The summed E-state index contributed by atoms with van der Waals surface area (Å²) in [5.74, 6) is 0. The Morgan fingerprint density at radius 1 is 1.13 bits per heavy atom. The van der Waals surface area contributed by atoms with Crippen molar-refractivity contribution in [2.75, 3.05) is 0 Å². The van der Waals surface area contributed by atoms with E-state index in [0.717, 1.165) is 38.5 Å². The van der Waals surface area contributed by atoms with E-state index in [9.17, 15) is 5.11 Å². The summed E-state index contributed by atoms with van der Waals surface area (Å²) in [6, 6.07) is 0. The molecule has 0 radical (unpaired) electrons. The van der Waals surface area contributed by atoms with Crippen LogP contribution in [0, 0.1) is 0 Å². The van der Waals surface area contributed by atoms with Gasteiger partial charge in [-0.3, -0.25) is 0 Å². The van der Waals surface area contributed by atoms with Crippen molar-refractivity contribution in [3.63, 3.8) is 0 Å². The first kappa shape index (κ1) is 15.5. The van der Waals surface area contributed by atoms with Gasteiger partial charge in [-0.25, -0.2) is 0 Å². The van der Waals surface area contributed by atoms with Gasteiger partial charge in [0.2, 0.25) is 0 Å². The number of hydrogen-bond donors (Lipinski definition) is 1. The number of aliphatic hydroxyl groups excluding tert-OH is 1. The molecule has 2 nitrogen and oxygen atoms in total. The minimum atomic E-state index is -0.345. The van der Waals surface area contributed by atoms with Crippen LogP contribution in [0.1, 0.15) is 59.3 Å². The van der Waals surface area contributed by atoms with E-state index in [1.54, 1.807) is 0 Å². The zero-order chi connectivity index (χ0) is 11.7. The van der Waals surface area contributed by atoms with Crippen LogP contribution in [0.4, 0.5) is 0 Å². The maximum absolute atomic E-state index is 9.63. The topological polar surface area (TPSA) is 29.5 Å². The molecule has 0 aliphatic carbocycles. The van der Waals surface area contributed by atoms with Gasteiger partial charge < -0.3 is 0 Å². The van der Waals surface area contributed by atoms with Gasteiger partial charge in [-0.2, -0.15) is 0 Å². The molecule has 0 spiro atoms. The first-order valence-electron chi connectivity index (χ1n) is 6.49. The average Bonchev–Trinajstić information content (AvgIpc) is 2.22. The summed E-state index contributed by atoms with van der Waals surface area (Å²) in [7, 11) is 0. The van der Waals surface area contributed by atoms with E-state index in [4.69, 9.17) is 4.74 Å². The van der Waals surface area contributed by atoms with Crippen LogP contribution in [-0.4, -0.2) is 39.8 Å². The SMILES string of the molecule is [Li][CH](O)C(CCCC)OC(CC)CCC. The van der Waals surface area contributed by atoms with Crippen molar-refractivity contribution >= 4 is 17.7 Å². The van der Waals surface area contributed by atoms with Gasteiger partial charge in [0.15, 0.2) is 0 Å². The van der Waals surface area contributed by atoms with Crippen molar-refractivity contribution in [2.24, 2.45) is 0 Å². The second-order valence-corrected chi connectivity index (χ2v) is 4.38. The van der Waals surface area contributed by atoms with E-state index in [2.05, 4.69) is 20.8 Å². The summed E-state index contributed by atoms with van der Waals surface area (Å²) < 4.78 is 5.61. The standard InChI is InChI=1S/C12H25O2.Li/c1-4-7-9-12(10-13)14-11(6-3)8-5-2;/h10-13H,4-9H2,1-3H3;. The third kappa shape index (κ3) is 7.41. The van der Waals surface area contributed by atoms with Gasteiger partial charge in [0.25, 0.3) is 0 Å². The first-order valence-corrected chi connectivity index (χ1v) is 6.49. The molecule has 3 unspecified atom stereocenters. The molecule has 0 aromatic heterocycles. The third-order valence-electron chi connectivity index (χ3n) is 2.81. The molecule has 0 saturated carbocycles. The van der Waals surface area contributed by atoms with Crippen LogP contribution in [0.5, 0.6) is 0 Å². The van der Waals surface area contributed by atoms with Crippen LogP contribution in [0.25, 0.3) is 0 Å². The molecule has 86 valence electrons.